The molecule has 0 atom stereocenters. The number of nitrogens with one attached hydrogen (secondary N) is 1. The molecule has 0 aliphatic carbocycles. The molecule has 3 aromatic rings. The van der Waals surface area contributed by atoms with Gasteiger partial charge in [-0.3, -0.25) is 4.79 Å². The number of fused-ring (bicyclic) bond motifs is 1. The van der Waals surface area contributed by atoms with E-state index in [4.69, 9.17) is 4.42 Å². The Kier molecular flexibility index (Phi) is 4.26. The molecule has 1 heterocycles. The van der Waals surface area contributed by atoms with Crippen LogP contribution in [0, 0.1) is 0 Å². The topological polar surface area (TPSA) is 55.1 Å². The zero-order valence-electron chi connectivity index (χ0n) is 10.9. The number of anilines is 1. The number of rotatable bonds is 4. The molecular weight excluding hydrogens is 352 g/mol. The van der Waals surface area contributed by atoms with Crippen LogP contribution in [0.3, 0.4) is 0 Å². The molecule has 0 fully saturated rings. The zero-order chi connectivity index (χ0) is 14.7. The van der Waals surface area contributed by atoms with Gasteiger partial charge < -0.3 is 9.73 Å². The van der Waals surface area contributed by atoms with E-state index in [1.54, 1.807) is 0 Å². The summed E-state index contributed by atoms with van der Waals surface area (Å²) in [5.41, 5.74) is 2.28. The van der Waals surface area contributed by atoms with Gasteiger partial charge in [0.15, 0.2) is 5.58 Å². The molecule has 0 unspecified atom stereocenters. The second kappa shape index (κ2) is 6.32. The molecule has 0 radical (unpaired) electrons. The first-order valence-electron chi connectivity index (χ1n) is 6.24. The summed E-state index contributed by atoms with van der Waals surface area (Å²) in [4.78, 5) is 16.2. The Morgan fingerprint density at radius 1 is 1.24 bits per heavy atom. The minimum Gasteiger partial charge on any atom is -0.431 e. The van der Waals surface area contributed by atoms with Gasteiger partial charge in [0, 0.05) is 10.2 Å². The van der Waals surface area contributed by atoms with Crippen LogP contribution in [0.2, 0.25) is 0 Å². The molecule has 21 heavy (non-hydrogen) atoms. The summed E-state index contributed by atoms with van der Waals surface area (Å²) < 4.78 is 6.48. The monoisotopic (exact) mass is 362 g/mol. The van der Waals surface area contributed by atoms with Gasteiger partial charge >= 0.3 is 0 Å². The number of nitrogens with zero attached hydrogens (tertiary/aromatic N) is 1. The number of thioether (sulfide) groups is 1. The first-order chi connectivity index (χ1) is 10.2. The fraction of sp³-hybridized carbons (Fsp3) is 0.0667. The van der Waals surface area contributed by atoms with E-state index < -0.39 is 0 Å². The molecule has 6 heteroatoms. The fourth-order valence-corrected chi connectivity index (χ4v) is 2.84. The predicted octanol–water partition coefficient (Wildman–Crippen LogP) is 4.32. The fourth-order valence-electron chi connectivity index (χ4n) is 1.80. The second-order valence-electron chi connectivity index (χ2n) is 4.29. The van der Waals surface area contributed by atoms with Crippen LogP contribution >= 0.6 is 27.7 Å². The number of oxazole rings is 1. The molecule has 106 valence electrons. The van der Waals surface area contributed by atoms with Crippen molar-refractivity contribution in [3.8, 4) is 0 Å². The van der Waals surface area contributed by atoms with Crippen LogP contribution in [0.4, 0.5) is 5.69 Å². The van der Waals surface area contributed by atoms with Crippen LogP contribution in [-0.2, 0) is 4.79 Å². The van der Waals surface area contributed by atoms with Crippen LogP contribution in [-0.4, -0.2) is 16.6 Å². The molecule has 0 spiro atoms. The molecule has 0 bridgehead atoms. The molecule has 3 rings (SSSR count). The minimum absolute atomic E-state index is 0.0969. The zero-order valence-corrected chi connectivity index (χ0v) is 13.3. The van der Waals surface area contributed by atoms with Gasteiger partial charge in [-0.05, 0) is 30.3 Å². The normalized spacial score (nSPS) is 10.7. The highest BCUT2D eigenvalue weighted by atomic mass is 79.9. The van der Waals surface area contributed by atoms with Gasteiger partial charge in [-0.2, -0.15) is 0 Å². The van der Waals surface area contributed by atoms with E-state index in [1.807, 2.05) is 48.5 Å². The lowest BCUT2D eigenvalue weighted by Crippen LogP contribution is -2.13. The van der Waals surface area contributed by atoms with Crippen molar-refractivity contribution in [1.29, 1.82) is 0 Å². The summed E-state index contributed by atoms with van der Waals surface area (Å²) in [6, 6.07) is 15.0. The highest BCUT2D eigenvalue weighted by molar-refractivity contribution is 9.10. The maximum Gasteiger partial charge on any atom is 0.257 e. The molecule has 4 nitrogen and oxygen atoms in total. The van der Waals surface area contributed by atoms with Crippen LogP contribution < -0.4 is 5.32 Å². The van der Waals surface area contributed by atoms with E-state index in [2.05, 4.69) is 26.2 Å². The summed E-state index contributed by atoms with van der Waals surface area (Å²) in [6.45, 7) is 0. The third-order valence-corrected chi connectivity index (χ3v) is 4.03. The number of amides is 1. The Bertz CT molecular complexity index is 755. The van der Waals surface area contributed by atoms with E-state index in [0.29, 0.717) is 5.22 Å². The summed E-state index contributed by atoms with van der Waals surface area (Å²) >= 11 is 4.64. The van der Waals surface area contributed by atoms with Crippen molar-refractivity contribution in [2.45, 2.75) is 5.22 Å². The smallest absolute Gasteiger partial charge is 0.257 e. The Hall–Kier alpha value is -1.79. The highest BCUT2D eigenvalue weighted by Gasteiger charge is 2.09. The van der Waals surface area contributed by atoms with Crippen LogP contribution in [0.5, 0.6) is 0 Å². The number of halogens is 1. The molecule has 0 saturated heterocycles. The predicted molar refractivity (Wildman–Crippen MR) is 87.5 cm³/mol. The van der Waals surface area contributed by atoms with Gasteiger partial charge in [0.2, 0.25) is 5.91 Å². The quantitative estimate of drug-likeness (QED) is 0.702. The SMILES string of the molecule is O=C(CSc1nc2ccccc2o1)Nc1cccc(Br)c1. The number of benzene rings is 2. The number of carbonyl (C=O) groups excluding carboxylic acids is 1. The first-order valence-corrected chi connectivity index (χ1v) is 8.02. The Labute approximate surface area is 134 Å². The molecule has 0 saturated carbocycles. The molecule has 1 aromatic heterocycles. The maximum atomic E-state index is 11.9. The van der Waals surface area contributed by atoms with E-state index in [9.17, 15) is 4.79 Å². The lowest BCUT2D eigenvalue weighted by Gasteiger charge is -2.04. The third-order valence-electron chi connectivity index (χ3n) is 2.71. The summed E-state index contributed by atoms with van der Waals surface area (Å²) in [5, 5.41) is 3.33. The molecule has 1 N–H and O–H groups in total. The molecule has 2 aromatic carbocycles. The number of carbonyl (C=O) groups is 1. The third kappa shape index (κ3) is 3.65. The molecular formula is C15H11BrN2O2S. The molecule has 1 amide bonds. The van der Waals surface area contributed by atoms with Crippen molar-refractivity contribution in [2.75, 3.05) is 11.1 Å². The summed E-state index contributed by atoms with van der Waals surface area (Å²) in [6.07, 6.45) is 0. The Balaban J connectivity index is 1.60. The molecule has 0 aliphatic rings. The van der Waals surface area contributed by atoms with E-state index in [1.165, 1.54) is 11.8 Å². The Morgan fingerprint density at radius 3 is 2.90 bits per heavy atom. The first kappa shape index (κ1) is 14.2. The average molecular weight is 363 g/mol. The number of para-hydroxylation sites is 2. The van der Waals surface area contributed by atoms with E-state index in [-0.39, 0.29) is 11.7 Å². The lowest BCUT2D eigenvalue weighted by atomic mass is 10.3. The van der Waals surface area contributed by atoms with Crippen LogP contribution in [0.25, 0.3) is 11.1 Å². The van der Waals surface area contributed by atoms with Gasteiger partial charge in [0.1, 0.15) is 5.52 Å². The minimum atomic E-state index is -0.0969. The van der Waals surface area contributed by atoms with E-state index in [0.717, 1.165) is 21.3 Å². The Morgan fingerprint density at radius 2 is 2.10 bits per heavy atom. The van der Waals surface area contributed by atoms with Crippen molar-refractivity contribution < 1.29 is 9.21 Å². The van der Waals surface area contributed by atoms with Gasteiger partial charge in [0.25, 0.3) is 5.22 Å². The number of hydrogen-bond acceptors (Lipinski definition) is 4. The standard InChI is InChI=1S/C15H11BrN2O2S/c16-10-4-3-5-11(8-10)17-14(19)9-21-15-18-12-6-1-2-7-13(12)20-15/h1-8H,9H2,(H,17,19). The van der Waals surface area contributed by atoms with Gasteiger partial charge in [-0.25, -0.2) is 4.98 Å². The van der Waals surface area contributed by atoms with E-state index >= 15 is 0 Å². The van der Waals surface area contributed by atoms with Gasteiger partial charge in [-0.1, -0.05) is 45.9 Å². The summed E-state index contributed by atoms with van der Waals surface area (Å²) in [5.74, 6) is 0.152. The highest BCUT2D eigenvalue weighted by Crippen LogP contribution is 2.23. The van der Waals surface area contributed by atoms with Gasteiger partial charge in [0.05, 0.1) is 5.75 Å². The second-order valence-corrected chi connectivity index (χ2v) is 6.14. The van der Waals surface area contributed by atoms with Crippen molar-refractivity contribution >= 4 is 50.4 Å². The summed E-state index contributed by atoms with van der Waals surface area (Å²) in [7, 11) is 0. The van der Waals surface area contributed by atoms with Crippen LogP contribution in [0.1, 0.15) is 0 Å². The maximum absolute atomic E-state index is 11.9. The van der Waals surface area contributed by atoms with Crippen LogP contribution in [0.15, 0.2) is 62.6 Å². The molecule has 0 aliphatic heterocycles. The number of hydrogen-bond donors (Lipinski definition) is 1. The lowest BCUT2D eigenvalue weighted by molar-refractivity contribution is -0.113. The van der Waals surface area contributed by atoms with Crippen molar-refractivity contribution in [3.63, 3.8) is 0 Å². The van der Waals surface area contributed by atoms with Gasteiger partial charge in [-0.15, -0.1) is 0 Å². The average Bonchev–Trinajstić information content (AvgIpc) is 2.88. The number of aromatic nitrogens is 1. The van der Waals surface area contributed by atoms with Crippen molar-refractivity contribution in [2.24, 2.45) is 0 Å². The largest absolute Gasteiger partial charge is 0.431 e. The van der Waals surface area contributed by atoms with Crippen molar-refractivity contribution in [3.05, 3.63) is 53.0 Å². The van der Waals surface area contributed by atoms with Crippen molar-refractivity contribution in [1.82, 2.24) is 4.98 Å².